The molecule has 2 aromatic carbocycles. The Bertz CT molecular complexity index is 1140. The smallest absolute Gasteiger partial charge is 0.385 e. The van der Waals surface area contributed by atoms with Gasteiger partial charge in [0.25, 0.3) is 0 Å². The molecule has 6 nitrogen and oxygen atoms in total. The minimum Gasteiger partial charge on any atom is -0.385 e. The minimum absolute atomic E-state index is 0.0358. The van der Waals surface area contributed by atoms with Crippen LogP contribution < -0.4 is 15.4 Å². The van der Waals surface area contributed by atoms with Crippen molar-refractivity contribution in [1.29, 1.82) is 0 Å². The van der Waals surface area contributed by atoms with Gasteiger partial charge in [0.2, 0.25) is 15.9 Å². The van der Waals surface area contributed by atoms with E-state index in [2.05, 4.69) is 10.6 Å². The standard InChI is InChI=1S/C21H22F5N3O3S/c1-4-27-18-11-15(21(24,25)26)7-5-13(18)6-8-19(30)28-12(2)14-9-16(22)20(17(23)10-14)29-33(3,31)32/h5-12,27,29H,4H2,1-3H3,(H,28,30)/b8-6-/t12-/m1/s1. The average molecular weight is 491 g/mol. The average Bonchev–Trinajstić information content (AvgIpc) is 2.68. The normalized spacial score (nSPS) is 13.1. The molecule has 12 heteroatoms. The Morgan fingerprint density at radius 1 is 1.12 bits per heavy atom. The second-order valence-corrected chi connectivity index (χ2v) is 8.88. The maximum atomic E-state index is 14.2. The molecule has 0 aliphatic rings. The van der Waals surface area contributed by atoms with Crippen LogP contribution in [0.3, 0.4) is 0 Å². The van der Waals surface area contributed by atoms with Gasteiger partial charge in [0.1, 0.15) is 5.69 Å². The summed E-state index contributed by atoms with van der Waals surface area (Å²) in [7, 11) is -3.90. The summed E-state index contributed by atoms with van der Waals surface area (Å²) < 4.78 is 91.3. The summed E-state index contributed by atoms with van der Waals surface area (Å²) in [5, 5.41) is 5.28. The van der Waals surface area contributed by atoms with Crippen molar-refractivity contribution in [3.8, 4) is 0 Å². The first kappa shape index (κ1) is 26.1. The van der Waals surface area contributed by atoms with E-state index in [0.29, 0.717) is 12.1 Å². The van der Waals surface area contributed by atoms with Crippen molar-refractivity contribution in [3.63, 3.8) is 0 Å². The zero-order chi connectivity index (χ0) is 25.0. The third-order valence-electron chi connectivity index (χ3n) is 4.37. The highest BCUT2D eigenvalue weighted by atomic mass is 32.2. The van der Waals surface area contributed by atoms with E-state index in [1.165, 1.54) is 19.1 Å². The lowest BCUT2D eigenvalue weighted by Crippen LogP contribution is -2.25. The van der Waals surface area contributed by atoms with Crippen LogP contribution in [-0.4, -0.2) is 27.1 Å². The number of rotatable bonds is 8. The largest absolute Gasteiger partial charge is 0.416 e. The van der Waals surface area contributed by atoms with Gasteiger partial charge in [-0.05, 0) is 55.3 Å². The number of halogens is 5. The molecule has 1 amide bonds. The fourth-order valence-corrected chi connectivity index (χ4v) is 3.42. The zero-order valence-corrected chi connectivity index (χ0v) is 18.7. The summed E-state index contributed by atoms with van der Waals surface area (Å²) in [6.45, 7) is 3.51. The topological polar surface area (TPSA) is 87.3 Å². The van der Waals surface area contributed by atoms with Crippen molar-refractivity contribution in [2.75, 3.05) is 22.8 Å². The Kier molecular flexibility index (Phi) is 8.06. The number of alkyl halides is 3. The number of benzene rings is 2. The van der Waals surface area contributed by atoms with Crippen molar-refractivity contribution in [1.82, 2.24) is 5.32 Å². The van der Waals surface area contributed by atoms with Crippen LogP contribution in [-0.2, 0) is 21.0 Å². The molecule has 0 bridgehead atoms. The molecule has 0 aliphatic heterocycles. The highest BCUT2D eigenvalue weighted by Crippen LogP contribution is 2.32. The van der Waals surface area contributed by atoms with Crippen LogP contribution >= 0.6 is 0 Å². The number of hydrogen-bond acceptors (Lipinski definition) is 4. The van der Waals surface area contributed by atoms with E-state index < -0.39 is 51.0 Å². The molecule has 2 rings (SSSR count). The highest BCUT2D eigenvalue weighted by Gasteiger charge is 2.30. The van der Waals surface area contributed by atoms with Gasteiger partial charge in [-0.15, -0.1) is 0 Å². The monoisotopic (exact) mass is 491 g/mol. The van der Waals surface area contributed by atoms with Crippen LogP contribution in [0.15, 0.2) is 36.4 Å². The molecule has 0 spiro atoms. The Labute approximate surface area is 187 Å². The first-order valence-electron chi connectivity index (χ1n) is 9.61. The lowest BCUT2D eigenvalue weighted by atomic mass is 10.1. The van der Waals surface area contributed by atoms with Crippen molar-refractivity contribution in [3.05, 3.63) is 64.7 Å². The van der Waals surface area contributed by atoms with Gasteiger partial charge in [-0.3, -0.25) is 9.52 Å². The molecule has 0 aromatic heterocycles. The lowest BCUT2D eigenvalue weighted by molar-refractivity contribution is -0.137. The van der Waals surface area contributed by atoms with Gasteiger partial charge < -0.3 is 10.6 Å². The van der Waals surface area contributed by atoms with E-state index in [0.717, 1.165) is 36.6 Å². The zero-order valence-electron chi connectivity index (χ0n) is 17.8. The van der Waals surface area contributed by atoms with Crippen LogP contribution in [0.5, 0.6) is 0 Å². The number of hydrogen-bond donors (Lipinski definition) is 3. The van der Waals surface area contributed by atoms with E-state index in [1.807, 2.05) is 0 Å². The maximum Gasteiger partial charge on any atom is 0.416 e. The summed E-state index contributed by atoms with van der Waals surface area (Å²) in [5.41, 5.74) is -1.12. The van der Waals surface area contributed by atoms with E-state index in [-0.39, 0.29) is 11.3 Å². The summed E-state index contributed by atoms with van der Waals surface area (Å²) in [6, 6.07) is 3.93. The Hall–Kier alpha value is -3.15. The minimum atomic E-state index is -4.52. The number of amides is 1. The molecule has 1 atom stereocenters. The van der Waals surface area contributed by atoms with Gasteiger partial charge in [0.05, 0.1) is 17.9 Å². The highest BCUT2D eigenvalue weighted by molar-refractivity contribution is 7.92. The van der Waals surface area contributed by atoms with E-state index in [4.69, 9.17) is 0 Å². The maximum absolute atomic E-state index is 14.2. The van der Waals surface area contributed by atoms with Crippen molar-refractivity contribution < 1.29 is 35.2 Å². The summed E-state index contributed by atoms with van der Waals surface area (Å²) >= 11 is 0. The van der Waals surface area contributed by atoms with Crippen LogP contribution in [0.4, 0.5) is 33.3 Å². The summed E-state index contributed by atoms with van der Waals surface area (Å²) in [5.74, 6) is -2.98. The third-order valence-corrected chi connectivity index (χ3v) is 4.95. The molecule has 0 heterocycles. The Balaban J connectivity index is 2.18. The van der Waals surface area contributed by atoms with Crippen molar-refractivity contribution in [2.24, 2.45) is 0 Å². The van der Waals surface area contributed by atoms with Gasteiger partial charge in [-0.25, -0.2) is 17.2 Å². The molecule has 3 N–H and O–H groups in total. The van der Waals surface area contributed by atoms with Gasteiger partial charge in [0.15, 0.2) is 11.6 Å². The Morgan fingerprint density at radius 3 is 2.24 bits per heavy atom. The van der Waals surface area contributed by atoms with Crippen LogP contribution in [0, 0.1) is 11.6 Å². The predicted octanol–water partition coefficient (Wildman–Crippen LogP) is 4.68. The molecule has 0 saturated carbocycles. The number of sulfonamides is 1. The second kappa shape index (κ2) is 10.2. The number of anilines is 2. The predicted molar refractivity (Wildman–Crippen MR) is 116 cm³/mol. The molecule has 0 unspecified atom stereocenters. The number of carbonyl (C=O) groups is 1. The van der Waals surface area contributed by atoms with Crippen LogP contribution in [0.1, 0.15) is 36.6 Å². The third kappa shape index (κ3) is 7.45. The van der Waals surface area contributed by atoms with Gasteiger partial charge >= 0.3 is 6.18 Å². The van der Waals surface area contributed by atoms with Crippen molar-refractivity contribution >= 4 is 33.4 Å². The quantitative estimate of drug-likeness (QED) is 0.370. The molecule has 180 valence electrons. The molecule has 0 aliphatic carbocycles. The summed E-state index contributed by atoms with van der Waals surface area (Å²) in [6.07, 6.45) is -1.39. The van der Waals surface area contributed by atoms with Gasteiger partial charge in [-0.1, -0.05) is 6.07 Å². The SMILES string of the molecule is CCNc1cc(C(F)(F)F)ccc1/C=C\C(=O)N[C@H](C)c1cc(F)c(NS(C)(=O)=O)c(F)c1. The van der Waals surface area contributed by atoms with Crippen LogP contribution in [0.2, 0.25) is 0 Å². The first-order chi connectivity index (χ1) is 15.2. The van der Waals surface area contributed by atoms with E-state index in [1.54, 1.807) is 11.6 Å². The second-order valence-electron chi connectivity index (χ2n) is 7.13. The fourth-order valence-electron chi connectivity index (χ4n) is 2.86. The Morgan fingerprint density at radius 2 is 1.73 bits per heavy atom. The molecule has 0 saturated heterocycles. The van der Waals surface area contributed by atoms with Gasteiger partial charge in [-0.2, -0.15) is 13.2 Å². The lowest BCUT2D eigenvalue weighted by Gasteiger charge is -2.15. The molecule has 0 fully saturated rings. The van der Waals surface area contributed by atoms with Gasteiger partial charge in [0, 0.05) is 18.3 Å². The van der Waals surface area contributed by atoms with E-state index in [9.17, 15) is 35.2 Å². The molecule has 33 heavy (non-hydrogen) atoms. The first-order valence-corrected chi connectivity index (χ1v) is 11.5. The summed E-state index contributed by atoms with van der Waals surface area (Å²) in [4.78, 5) is 12.2. The molecule has 0 radical (unpaired) electrons. The number of carbonyl (C=O) groups excluding carboxylic acids is 1. The van der Waals surface area contributed by atoms with Crippen molar-refractivity contribution in [2.45, 2.75) is 26.1 Å². The molecular weight excluding hydrogens is 469 g/mol. The molecule has 2 aromatic rings. The fraction of sp³-hybridized carbons (Fsp3) is 0.286. The van der Waals surface area contributed by atoms with E-state index >= 15 is 0 Å². The van der Waals surface area contributed by atoms with Crippen LogP contribution in [0.25, 0.3) is 6.08 Å². The molecular formula is C21H22F5N3O3S. The number of nitrogens with one attached hydrogen (secondary N) is 3.